The molecular weight excluding hydrogens is 258 g/mol. The first-order chi connectivity index (χ1) is 9.52. The van der Waals surface area contributed by atoms with Crippen LogP contribution in [0, 0.1) is 5.92 Å². The SMILES string of the molecule is CC(C)C[C@H](NC(=O)NCc1ccccc1)C(=O)NO. The highest BCUT2D eigenvalue weighted by atomic mass is 16.5. The van der Waals surface area contributed by atoms with Crippen molar-refractivity contribution in [1.29, 1.82) is 0 Å². The Hall–Kier alpha value is -2.08. The number of carbonyl (C=O) groups excluding carboxylic acids is 2. The molecule has 3 amide bonds. The van der Waals surface area contributed by atoms with Crippen molar-refractivity contribution in [3.05, 3.63) is 35.9 Å². The number of hydroxylamine groups is 1. The first-order valence-electron chi connectivity index (χ1n) is 6.55. The number of hydrogen-bond acceptors (Lipinski definition) is 3. The van der Waals surface area contributed by atoms with E-state index in [2.05, 4.69) is 10.6 Å². The quantitative estimate of drug-likeness (QED) is 0.469. The van der Waals surface area contributed by atoms with Crippen LogP contribution in [-0.4, -0.2) is 23.2 Å². The van der Waals surface area contributed by atoms with Gasteiger partial charge in [0.2, 0.25) is 0 Å². The molecular formula is C14H21N3O3. The molecule has 6 heteroatoms. The Morgan fingerprint density at radius 2 is 1.85 bits per heavy atom. The predicted molar refractivity (Wildman–Crippen MR) is 75.0 cm³/mol. The molecule has 0 aromatic heterocycles. The van der Waals surface area contributed by atoms with Gasteiger partial charge in [0, 0.05) is 6.54 Å². The van der Waals surface area contributed by atoms with Gasteiger partial charge in [-0.15, -0.1) is 0 Å². The van der Waals surface area contributed by atoms with Crippen LogP contribution in [0.25, 0.3) is 0 Å². The maximum absolute atomic E-state index is 11.7. The van der Waals surface area contributed by atoms with Crippen LogP contribution in [-0.2, 0) is 11.3 Å². The summed E-state index contributed by atoms with van der Waals surface area (Å²) >= 11 is 0. The number of benzene rings is 1. The van der Waals surface area contributed by atoms with Crippen LogP contribution in [0.15, 0.2) is 30.3 Å². The fraction of sp³-hybridized carbons (Fsp3) is 0.429. The zero-order valence-corrected chi connectivity index (χ0v) is 11.7. The zero-order chi connectivity index (χ0) is 15.0. The fourth-order valence-electron chi connectivity index (χ4n) is 1.77. The summed E-state index contributed by atoms with van der Waals surface area (Å²) in [5, 5.41) is 13.9. The van der Waals surface area contributed by atoms with Crippen molar-refractivity contribution < 1.29 is 14.8 Å². The molecule has 1 atom stereocenters. The van der Waals surface area contributed by atoms with Crippen molar-refractivity contribution in [3.8, 4) is 0 Å². The van der Waals surface area contributed by atoms with Crippen molar-refractivity contribution in [3.63, 3.8) is 0 Å². The summed E-state index contributed by atoms with van der Waals surface area (Å²) in [5.41, 5.74) is 2.54. The van der Waals surface area contributed by atoms with Crippen molar-refractivity contribution in [1.82, 2.24) is 16.1 Å². The van der Waals surface area contributed by atoms with Gasteiger partial charge in [-0.25, -0.2) is 10.3 Å². The number of amides is 3. The Morgan fingerprint density at radius 3 is 2.40 bits per heavy atom. The van der Waals surface area contributed by atoms with E-state index in [0.29, 0.717) is 13.0 Å². The normalized spacial score (nSPS) is 11.8. The molecule has 1 aromatic rings. The summed E-state index contributed by atoms with van der Waals surface area (Å²) in [6, 6.07) is 8.26. The minimum atomic E-state index is -0.754. The van der Waals surface area contributed by atoms with E-state index in [1.54, 1.807) is 5.48 Å². The molecule has 0 saturated heterocycles. The minimum Gasteiger partial charge on any atom is -0.334 e. The van der Waals surface area contributed by atoms with Crippen molar-refractivity contribution in [2.45, 2.75) is 32.9 Å². The van der Waals surface area contributed by atoms with Gasteiger partial charge in [-0.2, -0.15) is 0 Å². The van der Waals surface area contributed by atoms with E-state index < -0.39 is 18.0 Å². The molecule has 0 spiro atoms. The lowest BCUT2D eigenvalue weighted by molar-refractivity contribution is -0.131. The Balaban J connectivity index is 2.47. The van der Waals surface area contributed by atoms with Gasteiger partial charge < -0.3 is 10.6 Å². The van der Waals surface area contributed by atoms with E-state index in [-0.39, 0.29) is 5.92 Å². The monoisotopic (exact) mass is 279 g/mol. The second-order valence-corrected chi connectivity index (χ2v) is 4.97. The lowest BCUT2D eigenvalue weighted by Crippen LogP contribution is -2.49. The van der Waals surface area contributed by atoms with Gasteiger partial charge in [-0.3, -0.25) is 10.0 Å². The topological polar surface area (TPSA) is 90.5 Å². The predicted octanol–water partition coefficient (Wildman–Crippen LogP) is 1.41. The third kappa shape index (κ3) is 5.71. The number of hydrogen-bond donors (Lipinski definition) is 4. The van der Waals surface area contributed by atoms with Crippen LogP contribution in [0.1, 0.15) is 25.8 Å². The zero-order valence-electron chi connectivity index (χ0n) is 11.7. The Morgan fingerprint density at radius 1 is 1.20 bits per heavy atom. The number of rotatable bonds is 6. The highest BCUT2D eigenvalue weighted by molar-refractivity contribution is 5.86. The van der Waals surface area contributed by atoms with Gasteiger partial charge in [0.25, 0.3) is 5.91 Å². The highest BCUT2D eigenvalue weighted by Gasteiger charge is 2.21. The van der Waals surface area contributed by atoms with Crippen molar-refractivity contribution in [2.75, 3.05) is 0 Å². The van der Waals surface area contributed by atoms with Gasteiger partial charge in [0.05, 0.1) is 0 Å². The molecule has 0 aliphatic carbocycles. The maximum atomic E-state index is 11.7. The average Bonchev–Trinajstić information content (AvgIpc) is 2.44. The summed E-state index contributed by atoms with van der Waals surface area (Å²) in [4.78, 5) is 23.2. The molecule has 0 bridgehead atoms. The van der Waals surface area contributed by atoms with Gasteiger partial charge in [0.15, 0.2) is 0 Å². The van der Waals surface area contributed by atoms with Gasteiger partial charge in [-0.05, 0) is 17.9 Å². The number of nitrogens with one attached hydrogen (secondary N) is 3. The van der Waals surface area contributed by atoms with Crippen LogP contribution in [0.3, 0.4) is 0 Å². The second kappa shape index (κ2) is 8.16. The summed E-state index contributed by atoms with van der Waals surface area (Å²) in [5.74, 6) is -0.403. The van der Waals surface area contributed by atoms with Crippen molar-refractivity contribution in [2.24, 2.45) is 5.92 Å². The van der Waals surface area contributed by atoms with Crippen LogP contribution in [0.2, 0.25) is 0 Å². The van der Waals surface area contributed by atoms with Crippen LogP contribution >= 0.6 is 0 Å². The molecule has 110 valence electrons. The van der Waals surface area contributed by atoms with Crippen LogP contribution < -0.4 is 16.1 Å². The summed E-state index contributed by atoms with van der Waals surface area (Å²) in [6.45, 7) is 4.24. The lowest BCUT2D eigenvalue weighted by Gasteiger charge is -2.18. The third-order valence-corrected chi connectivity index (χ3v) is 2.74. The number of carbonyl (C=O) groups is 2. The molecule has 0 unspecified atom stereocenters. The first-order valence-corrected chi connectivity index (χ1v) is 6.55. The Kier molecular flexibility index (Phi) is 6.52. The smallest absolute Gasteiger partial charge is 0.315 e. The van der Waals surface area contributed by atoms with E-state index in [4.69, 9.17) is 5.21 Å². The van der Waals surface area contributed by atoms with Gasteiger partial charge in [-0.1, -0.05) is 44.2 Å². The van der Waals surface area contributed by atoms with Crippen LogP contribution in [0.4, 0.5) is 4.79 Å². The Bertz CT molecular complexity index is 435. The van der Waals surface area contributed by atoms with Crippen LogP contribution in [0.5, 0.6) is 0 Å². The summed E-state index contributed by atoms with van der Waals surface area (Å²) in [6.07, 6.45) is 0.450. The largest absolute Gasteiger partial charge is 0.334 e. The molecule has 6 nitrogen and oxygen atoms in total. The molecule has 4 N–H and O–H groups in total. The number of urea groups is 1. The van der Waals surface area contributed by atoms with E-state index in [9.17, 15) is 9.59 Å². The maximum Gasteiger partial charge on any atom is 0.315 e. The summed E-state index contributed by atoms with van der Waals surface area (Å²) in [7, 11) is 0. The molecule has 20 heavy (non-hydrogen) atoms. The Labute approximate surface area is 118 Å². The molecule has 0 aliphatic rings. The van der Waals surface area contributed by atoms with E-state index in [0.717, 1.165) is 5.56 Å². The lowest BCUT2D eigenvalue weighted by atomic mass is 10.0. The minimum absolute atomic E-state index is 0.215. The average molecular weight is 279 g/mol. The van der Waals surface area contributed by atoms with Crippen molar-refractivity contribution >= 4 is 11.9 Å². The van der Waals surface area contributed by atoms with E-state index >= 15 is 0 Å². The third-order valence-electron chi connectivity index (χ3n) is 2.74. The molecule has 1 aromatic carbocycles. The molecule has 0 radical (unpaired) electrons. The second-order valence-electron chi connectivity index (χ2n) is 4.97. The molecule has 0 fully saturated rings. The molecule has 0 heterocycles. The van der Waals surface area contributed by atoms with Gasteiger partial charge in [0.1, 0.15) is 6.04 Å². The first kappa shape index (κ1) is 16.0. The molecule has 0 saturated carbocycles. The van der Waals surface area contributed by atoms with E-state index in [1.165, 1.54) is 0 Å². The van der Waals surface area contributed by atoms with E-state index in [1.807, 2.05) is 44.2 Å². The summed E-state index contributed by atoms with van der Waals surface area (Å²) < 4.78 is 0. The molecule has 1 rings (SSSR count). The fourth-order valence-corrected chi connectivity index (χ4v) is 1.77. The van der Waals surface area contributed by atoms with Gasteiger partial charge >= 0.3 is 6.03 Å². The highest BCUT2D eigenvalue weighted by Crippen LogP contribution is 2.05. The standard InChI is InChI=1S/C14H21N3O3/c1-10(2)8-12(13(18)17-20)16-14(19)15-9-11-6-4-3-5-7-11/h3-7,10,12,20H,8-9H2,1-2H3,(H,17,18)(H2,15,16,19)/t12-/m0/s1. The molecule has 0 aliphatic heterocycles.